The third-order valence-electron chi connectivity index (χ3n) is 3.41. The van der Waals surface area contributed by atoms with Gasteiger partial charge in [0.25, 0.3) is 0 Å². The molecule has 3 heteroatoms. The summed E-state index contributed by atoms with van der Waals surface area (Å²) in [5, 5.41) is 3.36. The zero-order valence-corrected chi connectivity index (χ0v) is 9.99. The average molecular weight is 220 g/mol. The standard InChI is InChI=1S/C13H20N2O/c1-9-7-10(3-4-12(9)16-2)13(14)11-5-6-15-8-11/h3-4,7,11,13,15H,5-6,8,14H2,1-2H3. The first kappa shape index (κ1) is 11.4. The van der Waals surface area contributed by atoms with E-state index in [-0.39, 0.29) is 6.04 Å². The van der Waals surface area contributed by atoms with Gasteiger partial charge in [-0.2, -0.15) is 0 Å². The van der Waals surface area contributed by atoms with Gasteiger partial charge in [0.05, 0.1) is 7.11 Å². The van der Waals surface area contributed by atoms with Crippen LogP contribution < -0.4 is 15.8 Å². The first-order chi connectivity index (χ1) is 7.72. The fourth-order valence-corrected chi connectivity index (χ4v) is 2.36. The van der Waals surface area contributed by atoms with Crippen molar-refractivity contribution in [1.29, 1.82) is 0 Å². The van der Waals surface area contributed by atoms with E-state index in [2.05, 4.69) is 24.4 Å². The van der Waals surface area contributed by atoms with Crippen molar-refractivity contribution in [2.24, 2.45) is 11.7 Å². The fourth-order valence-electron chi connectivity index (χ4n) is 2.36. The Hall–Kier alpha value is -1.06. The van der Waals surface area contributed by atoms with Gasteiger partial charge in [0.15, 0.2) is 0 Å². The Morgan fingerprint density at radius 1 is 1.50 bits per heavy atom. The highest BCUT2D eigenvalue weighted by molar-refractivity contribution is 5.37. The number of hydrogen-bond acceptors (Lipinski definition) is 3. The van der Waals surface area contributed by atoms with Crippen molar-refractivity contribution in [2.45, 2.75) is 19.4 Å². The van der Waals surface area contributed by atoms with E-state index in [1.165, 1.54) is 12.0 Å². The van der Waals surface area contributed by atoms with E-state index in [1.54, 1.807) is 7.11 Å². The Balaban J connectivity index is 2.16. The summed E-state index contributed by atoms with van der Waals surface area (Å²) in [6, 6.07) is 6.36. The molecule has 1 aliphatic rings. The van der Waals surface area contributed by atoms with Crippen molar-refractivity contribution in [2.75, 3.05) is 20.2 Å². The minimum atomic E-state index is 0.139. The Bertz CT molecular complexity index is 359. The summed E-state index contributed by atoms with van der Waals surface area (Å²) in [5.74, 6) is 1.49. The van der Waals surface area contributed by atoms with Gasteiger partial charge in [-0.3, -0.25) is 0 Å². The van der Waals surface area contributed by atoms with Crippen LogP contribution in [0.2, 0.25) is 0 Å². The molecule has 2 unspecified atom stereocenters. The van der Waals surface area contributed by atoms with Gasteiger partial charge in [-0.15, -0.1) is 0 Å². The number of aryl methyl sites for hydroxylation is 1. The van der Waals surface area contributed by atoms with Gasteiger partial charge in [0, 0.05) is 6.04 Å². The lowest BCUT2D eigenvalue weighted by Gasteiger charge is -2.19. The van der Waals surface area contributed by atoms with Gasteiger partial charge >= 0.3 is 0 Å². The van der Waals surface area contributed by atoms with Crippen LogP contribution in [0, 0.1) is 12.8 Å². The zero-order chi connectivity index (χ0) is 11.5. The molecule has 3 nitrogen and oxygen atoms in total. The maximum absolute atomic E-state index is 6.28. The van der Waals surface area contributed by atoms with E-state index >= 15 is 0 Å². The molecule has 0 radical (unpaired) electrons. The van der Waals surface area contributed by atoms with Crippen molar-refractivity contribution in [3.63, 3.8) is 0 Å². The van der Waals surface area contributed by atoms with Crippen LogP contribution in [0.5, 0.6) is 5.75 Å². The summed E-state index contributed by atoms with van der Waals surface area (Å²) in [6.45, 7) is 4.18. The van der Waals surface area contributed by atoms with E-state index < -0.39 is 0 Å². The van der Waals surface area contributed by atoms with Crippen LogP contribution >= 0.6 is 0 Å². The normalized spacial score (nSPS) is 22.1. The maximum atomic E-state index is 6.28. The molecule has 16 heavy (non-hydrogen) atoms. The van der Waals surface area contributed by atoms with Crippen LogP contribution in [-0.4, -0.2) is 20.2 Å². The van der Waals surface area contributed by atoms with Crippen LogP contribution in [0.15, 0.2) is 18.2 Å². The molecular weight excluding hydrogens is 200 g/mol. The van der Waals surface area contributed by atoms with Crippen molar-refractivity contribution in [3.05, 3.63) is 29.3 Å². The molecule has 3 N–H and O–H groups in total. The van der Waals surface area contributed by atoms with Crippen LogP contribution in [0.25, 0.3) is 0 Å². The first-order valence-electron chi connectivity index (χ1n) is 5.83. The highest BCUT2D eigenvalue weighted by Gasteiger charge is 2.23. The maximum Gasteiger partial charge on any atom is 0.121 e. The van der Waals surface area contributed by atoms with Crippen molar-refractivity contribution in [1.82, 2.24) is 5.32 Å². The van der Waals surface area contributed by atoms with E-state index in [0.29, 0.717) is 5.92 Å². The Labute approximate surface area is 97.0 Å². The highest BCUT2D eigenvalue weighted by Crippen LogP contribution is 2.27. The molecule has 1 aromatic rings. The SMILES string of the molecule is COc1ccc(C(N)C2CCNC2)cc1C. The summed E-state index contributed by atoms with van der Waals surface area (Å²) in [7, 11) is 1.70. The zero-order valence-electron chi connectivity index (χ0n) is 9.99. The van der Waals surface area contributed by atoms with Gasteiger partial charge in [0.2, 0.25) is 0 Å². The van der Waals surface area contributed by atoms with E-state index in [1.807, 2.05) is 6.07 Å². The molecule has 0 amide bonds. The lowest BCUT2D eigenvalue weighted by Crippen LogP contribution is -2.23. The largest absolute Gasteiger partial charge is 0.496 e. The highest BCUT2D eigenvalue weighted by atomic mass is 16.5. The Morgan fingerprint density at radius 2 is 2.31 bits per heavy atom. The molecule has 2 atom stereocenters. The minimum absolute atomic E-state index is 0.139. The third-order valence-corrected chi connectivity index (χ3v) is 3.41. The number of methoxy groups -OCH3 is 1. The number of nitrogens with one attached hydrogen (secondary N) is 1. The number of rotatable bonds is 3. The van der Waals surface area contributed by atoms with Gasteiger partial charge in [-0.1, -0.05) is 12.1 Å². The molecule has 0 saturated carbocycles. The first-order valence-corrected chi connectivity index (χ1v) is 5.83. The lowest BCUT2D eigenvalue weighted by atomic mass is 9.92. The molecule has 1 saturated heterocycles. The average Bonchev–Trinajstić information content (AvgIpc) is 2.81. The van der Waals surface area contributed by atoms with Crippen LogP contribution in [-0.2, 0) is 0 Å². The van der Waals surface area contributed by atoms with Crippen molar-refractivity contribution >= 4 is 0 Å². The van der Waals surface area contributed by atoms with Gasteiger partial charge in [0.1, 0.15) is 5.75 Å². The van der Waals surface area contributed by atoms with Crippen LogP contribution in [0.3, 0.4) is 0 Å². The summed E-state index contributed by atoms with van der Waals surface area (Å²) >= 11 is 0. The molecule has 0 bridgehead atoms. The predicted molar refractivity (Wildman–Crippen MR) is 65.6 cm³/mol. The third kappa shape index (κ3) is 2.20. The lowest BCUT2D eigenvalue weighted by molar-refractivity contribution is 0.410. The van der Waals surface area contributed by atoms with Crippen LogP contribution in [0.4, 0.5) is 0 Å². The Morgan fingerprint density at radius 3 is 2.88 bits per heavy atom. The minimum Gasteiger partial charge on any atom is -0.496 e. The Kier molecular flexibility index (Phi) is 3.46. The summed E-state index contributed by atoms with van der Waals surface area (Å²) in [6.07, 6.45) is 1.17. The molecule has 2 rings (SSSR count). The second-order valence-electron chi connectivity index (χ2n) is 4.51. The molecule has 1 fully saturated rings. The van der Waals surface area contributed by atoms with Gasteiger partial charge in [-0.05, 0) is 49.5 Å². The summed E-state index contributed by atoms with van der Waals surface area (Å²) in [5.41, 5.74) is 8.65. The molecule has 1 aromatic carbocycles. The molecule has 0 aliphatic carbocycles. The van der Waals surface area contributed by atoms with Crippen molar-refractivity contribution < 1.29 is 4.74 Å². The number of hydrogen-bond donors (Lipinski definition) is 2. The monoisotopic (exact) mass is 220 g/mol. The van der Waals surface area contributed by atoms with Crippen LogP contribution in [0.1, 0.15) is 23.6 Å². The van der Waals surface area contributed by atoms with Gasteiger partial charge in [-0.25, -0.2) is 0 Å². The topological polar surface area (TPSA) is 47.3 Å². The van der Waals surface area contributed by atoms with E-state index in [4.69, 9.17) is 10.5 Å². The molecule has 1 aliphatic heterocycles. The summed E-state index contributed by atoms with van der Waals surface area (Å²) < 4.78 is 5.25. The fraction of sp³-hybridized carbons (Fsp3) is 0.538. The number of ether oxygens (including phenoxy) is 1. The van der Waals surface area contributed by atoms with Crippen molar-refractivity contribution in [3.8, 4) is 5.75 Å². The second kappa shape index (κ2) is 4.85. The molecule has 0 spiro atoms. The smallest absolute Gasteiger partial charge is 0.121 e. The summed E-state index contributed by atoms with van der Waals surface area (Å²) in [4.78, 5) is 0. The second-order valence-corrected chi connectivity index (χ2v) is 4.51. The predicted octanol–water partition coefficient (Wildman–Crippen LogP) is 1.61. The molecular formula is C13H20N2O. The number of nitrogens with two attached hydrogens (primary N) is 1. The molecule has 0 aromatic heterocycles. The quantitative estimate of drug-likeness (QED) is 0.813. The van der Waals surface area contributed by atoms with Gasteiger partial charge < -0.3 is 15.8 Å². The molecule has 1 heterocycles. The number of benzene rings is 1. The van der Waals surface area contributed by atoms with E-state index in [9.17, 15) is 0 Å². The van der Waals surface area contributed by atoms with E-state index in [0.717, 1.165) is 24.4 Å². The molecule has 88 valence electrons.